The van der Waals surface area contributed by atoms with Crippen molar-refractivity contribution < 1.29 is 14.6 Å². The fourth-order valence-corrected chi connectivity index (χ4v) is 2.68. The third-order valence-corrected chi connectivity index (χ3v) is 3.75. The van der Waals surface area contributed by atoms with Crippen LogP contribution in [0.3, 0.4) is 0 Å². The largest absolute Gasteiger partial charge is 0.461 e. The van der Waals surface area contributed by atoms with Crippen LogP contribution in [0, 0.1) is 0 Å². The van der Waals surface area contributed by atoms with Crippen molar-refractivity contribution >= 4 is 5.97 Å². The predicted molar refractivity (Wildman–Crippen MR) is 93.0 cm³/mol. The van der Waals surface area contributed by atoms with E-state index in [1.54, 1.807) is 20.8 Å². The predicted octanol–water partition coefficient (Wildman–Crippen LogP) is 3.29. The molecule has 1 heterocycles. The molecule has 2 aromatic rings. The number of rotatable bonds is 7. The van der Waals surface area contributed by atoms with Gasteiger partial charge in [-0.2, -0.15) is 0 Å². The van der Waals surface area contributed by atoms with Crippen LogP contribution < -0.4 is 0 Å². The molecule has 5 heteroatoms. The van der Waals surface area contributed by atoms with E-state index in [4.69, 9.17) is 4.74 Å². The van der Waals surface area contributed by atoms with Crippen LogP contribution >= 0.6 is 0 Å². The summed E-state index contributed by atoms with van der Waals surface area (Å²) in [6.07, 6.45) is 1.63. The van der Waals surface area contributed by atoms with E-state index in [0.717, 1.165) is 24.2 Å². The topological polar surface area (TPSA) is 64.3 Å². The second-order valence-corrected chi connectivity index (χ2v) is 6.33. The molecule has 1 aromatic carbocycles. The Hall–Kier alpha value is -2.14. The van der Waals surface area contributed by atoms with Crippen molar-refractivity contribution in [3.8, 4) is 0 Å². The quantitative estimate of drug-likeness (QED) is 0.791. The number of nitrogens with zero attached hydrogens (tertiary/aromatic N) is 2. The minimum Gasteiger partial charge on any atom is -0.461 e. The molecular formula is C19H26N2O3. The van der Waals surface area contributed by atoms with E-state index < -0.39 is 11.6 Å². The van der Waals surface area contributed by atoms with Gasteiger partial charge in [0.2, 0.25) is 0 Å². The number of hydrogen-bond donors (Lipinski definition) is 1. The molecule has 0 radical (unpaired) electrons. The second-order valence-electron chi connectivity index (χ2n) is 6.33. The lowest BCUT2D eigenvalue weighted by Gasteiger charge is -2.17. The highest BCUT2D eigenvalue weighted by Crippen LogP contribution is 2.26. The van der Waals surface area contributed by atoms with Gasteiger partial charge >= 0.3 is 5.97 Å². The van der Waals surface area contributed by atoms with E-state index in [-0.39, 0.29) is 6.61 Å². The summed E-state index contributed by atoms with van der Waals surface area (Å²) >= 11 is 0. The molecule has 0 saturated carbocycles. The van der Waals surface area contributed by atoms with Crippen molar-refractivity contribution in [1.82, 2.24) is 9.55 Å². The van der Waals surface area contributed by atoms with Gasteiger partial charge in [-0.15, -0.1) is 0 Å². The number of benzene rings is 1. The highest BCUT2D eigenvalue weighted by molar-refractivity contribution is 5.89. The van der Waals surface area contributed by atoms with Gasteiger partial charge in [-0.25, -0.2) is 9.78 Å². The van der Waals surface area contributed by atoms with Crippen LogP contribution in [0.1, 0.15) is 61.7 Å². The molecule has 1 aromatic heterocycles. The minimum absolute atomic E-state index is 0.282. The Kier molecular flexibility index (Phi) is 5.78. The lowest BCUT2D eigenvalue weighted by molar-refractivity contribution is 0.0469. The Balaban J connectivity index is 2.59. The number of aryl methyl sites for hydroxylation is 1. The number of imidazole rings is 1. The van der Waals surface area contributed by atoms with Crippen LogP contribution in [0.5, 0.6) is 0 Å². The maximum Gasteiger partial charge on any atom is 0.357 e. The van der Waals surface area contributed by atoms with Crippen LogP contribution in [0.15, 0.2) is 30.3 Å². The first kappa shape index (κ1) is 18.2. The zero-order chi connectivity index (χ0) is 17.7. The molecular weight excluding hydrogens is 304 g/mol. The van der Waals surface area contributed by atoms with E-state index in [2.05, 4.69) is 11.9 Å². The first-order valence-corrected chi connectivity index (χ1v) is 8.41. The van der Waals surface area contributed by atoms with Gasteiger partial charge in [0.1, 0.15) is 17.1 Å². The summed E-state index contributed by atoms with van der Waals surface area (Å²) in [6.45, 7) is 7.92. The first-order chi connectivity index (χ1) is 11.4. The van der Waals surface area contributed by atoms with E-state index in [9.17, 15) is 9.90 Å². The number of esters is 1. The standard InChI is InChI=1S/C19H26N2O3/c1-5-10-15-20-17(19(3,4)23)16(18(22)24-6-2)21(15)13-14-11-8-7-9-12-14/h7-9,11-12,23H,5-6,10,13H2,1-4H3. The van der Waals surface area contributed by atoms with Crippen LogP contribution in [0.25, 0.3) is 0 Å². The van der Waals surface area contributed by atoms with Crippen molar-refractivity contribution in [2.75, 3.05) is 6.61 Å². The molecule has 130 valence electrons. The monoisotopic (exact) mass is 330 g/mol. The molecule has 0 atom stereocenters. The first-order valence-electron chi connectivity index (χ1n) is 8.41. The fourth-order valence-electron chi connectivity index (χ4n) is 2.68. The van der Waals surface area contributed by atoms with Crippen molar-refractivity contribution in [2.24, 2.45) is 0 Å². The van der Waals surface area contributed by atoms with Crippen molar-refractivity contribution in [2.45, 2.75) is 52.7 Å². The molecule has 5 nitrogen and oxygen atoms in total. The third kappa shape index (κ3) is 4.03. The summed E-state index contributed by atoms with van der Waals surface area (Å²) in [5, 5.41) is 10.5. The molecule has 0 bridgehead atoms. The summed E-state index contributed by atoms with van der Waals surface area (Å²) < 4.78 is 7.10. The number of hydrogen-bond acceptors (Lipinski definition) is 4. The highest BCUT2D eigenvalue weighted by atomic mass is 16.5. The smallest absolute Gasteiger partial charge is 0.357 e. The second kappa shape index (κ2) is 7.62. The SMILES string of the molecule is CCCc1nc(C(C)(C)O)c(C(=O)OCC)n1Cc1ccccc1. The lowest BCUT2D eigenvalue weighted by atomic mass is 10.0. The minimum atomic E-state index is -1.22. The molecule has 0 saturated heterocycles. The van der Waals surface area contributed by atoms with E-state index in [1.807, 2.05) is 34.9 Å². The molecule has 1 N–H and O–H groups in total. The van der Waals surface area contributed by atoms with Crippen molar-refractivity contribution in [3.05, 3.63) is 53.1 Å². The molecule has 24 heavy (non-hydrogen) atoms. The maximum atomic E-state index is 12.5. The number of aromatic nitrogens is 2. The maximum absolute atomic E-state index is 12.5. The van der Waals surface area contributed by atoms with Crippen LogP contribution in [0.2, 0.25) is 0 Å². The fraction of sp³-hybridized carbons (Fsp3) is 0.474. The molecule has 0 fully saturated rings. The van der Waals surface area contributed by atoms with Gasteiger partial charge in [0.05, 0.1) is 6.61 Å². The molecule has 0 amide bonds. The number of ether oxygens (including phenoxy) is 1. The zero-order valence-electron chi connectivity index (χ0n) is 14.9. The summed E-state index contributed by atoms with van der Waals surface area (Å²) in [6, 6.07) is 9.90. The number of carbonyl (C=O) groups is 1. The van der Waals surface area contributed by atoms with Gasteiger partial charge in [-0.1, -0.05) is 37.3 Å². The highest BCUT2D eigenvalue weighted by Gasteiger charge is 2.32. The normalized spacial score (nSPS) is 11.5. The van der Waals surface area contributed by atoms with Gasteiger partial charge in [-0.3, -0.25) is 0 Å². The van der Waals surface area contributed by atoms with Crippen molar-refractivity contribution in [1.29, 1.82) is 0 Å². The van der Waals surface area contributed by atoms with Gasteiger partial charge in [0.25, 0.3) is 0 Å². The lowest BCUT2D eigenvalue weighted by Crippen LogP contribution is -2.23. The average molecular weight is 330 g/mol. The van der Waals surface area contributed by atoms with Gasteiger partial charge in [0, 0.05) is 13.0 Å². The van der Waals surface area contributed by atoms with E-state index >= 15 is 0 Å². The van der Waals surface area contributed by atoms with Crippen LogP contribution in [0.4, 0.5) is 0 Å². The van der Waals surface area contributed by atoms with E-state index in [0.29, 0.717) is 17.9 Å². The summed E-state index contributed by atoms with van der Waals surface area (Å²) in [4.78, 5) is 17.1. The molecule has 0 spiro atoms. The van der Waals surface area contributed by atoms with Gasteiger partial charge in [-0.05, 0) is 32.8 Å². The Morgan fingerprint density at radius 1 is 1.25 bits per heavy atom. The number of carbonyl (C=O) groups excluding carboxylic acids is 1. The van der Waals surface area contributed by atoms with Gasteiger partial charge < -0.3 is 14.4 Å². The Morgan fingerprint density at radius 2 is 1.92 bits per heavy atom. The Labute approximate surface area is 143 Å². The molecule has 0 aliphatic heterocycles. The molecule has 0 unspecified atom stereocenters. The third-order valence-electron chi connectivity index (χ3n) is 3.75. The average Bonchev–Trinajstić information content (AvgIpc) is 2.88. The van der Waals surface area contributed by atoms with Crippen molar-refractivity contribution in [3.63, 3.8) is 0 Å². The summed E-state index contributed by atoms with van der Waals surface area (Å²) in [7, 11) is 0. The summed E-state index contributed by atoms with van der Waals surface area (Å²) in [5.74, 6) is 0.349. The molecule has 2 rings (SSSR count). The van der Waals surface area contributed by atoms with Gasteiger partial charge in [0.15, 0.2) is 5.69 Å². The van der Waals surface area contributed by atoms with Crippen LogP contribution in [-0.2, 0) is 23.3 Å². The number of aliphatic hydroxyl groups is 1. The summed E-state index contributed by atoms with van der Waals surface area (Å²) in [5.41, 5.74) is 0.573. The Bertz CT molecular complexity index is 685. The molecule has 0 aliphatic rings. The zero-order valence-corrected chi connectivity index (χ0v) is 14.9. The Morgan fingerprint density at radius 3 is 2.46 bits per heavy atom. The molecule has 0 aliphatic carbocycles. The van der Waals surface area contributed by atoms with E-state index in [1.165, 1.54) is 0 Å². The van der Waals surface area contributed by atoms with Crippen LogP contribution in [-0.4, -0.2) is 27.2 Å².